The molecule has 0 aliphatic rings. The molecule has 0 atom stereocenters. The molecule has 0 radical (unpaired) electrons. The third kappa shape index (κ3) is 3.14. The zero-order valence-electron chi connectivity index (χ0n) is 8.03. The Kier molecular flexibility index (Phi) is 3.59. The summed E-state index contributed by atoms with van der Waals surface area (Å²) in [5.41, 5.74) is 0.750. The topological polar surface area (TPSA) is 46.2 Å². The van der Waals surface area contributed by atoms with Gasteiger partial charge in [0.2, 0.25) is 5.91 Å². The largest absolute Gasteiger partial charge is 0.325 e. The van der Waals surface area contributed by atoms with Gasteiger partial charge in [-0.3, -0.25) is 9.59 Å². The fourth-order valence-corrected chi connectivity index (χ4v) is 1.68. The minimum atomic E-state index is -0.110. The maximum atomic E-state index is 10.8. The predicted molar refractivity (Wildman–Crippen MR) is 58.3 cm³/mol. The van der Waals surface area contributed by atoms with Gasteiger partial charge in [0.1, 0.15) is 0 Å². The van der Waals surface area contributed by atoms with Gasteiger partial charge in [-0.2, -0.15) is 0 Å². The number of carbonyl (C=O) groups is 2. The van der Waals surface area contributed by atoms with Gasteiger partial charge in [-0.1, -0.05) is 0 Å². The Balaban J connectivity index is 2.82. The number of amides is 1. The molecule has 0 aromatic carbocycles. The minimum Gasteiger partial charge on any atom is -0.325 e. The summed E-state index contributed by atoms with van der Waals surface area (Å²) < 4.78 is 0. The van der Waals surface area contributed by atoms with E-state index in [1.165, 1.54) is 31.3 Å². The highest BCUT2D eigenvalue weighted by Gasteiger charge is 2.02. The number of ketones is 1. The van der Waals surface area contributed by atoms with Gasteiger partial charge in [0.15, 0.2) is 5.78 Å². The molecule has 1 aromatic heterocycles. The summed E-state index contributed by atoms with van der Waals surface area (Å²) in [6.45, 7) is 2.94. The number of thiophene rings is 1. The van der Waals surface area contributed by atoms with Crippen LogP contribution >= 0.6 is 11.3 Å². The fraction of sp³-hybridized carbons (Fsp3) is 0.200. The molecule has 14 heavy (non-hydrogen) atoms. The number of nitrogens with one attached hydrogen (secondary N) is 1. The van der Waals surface area contributed by atoms with E-state index in [0.29, 0.717) is 0 Å². The third-order valence-corrected chi connectivity index (χ3v) is 2.36. The molecule has 1 amide bonds. The number of rotatable bonds is 3. The molecule has 4 heteroatoms. The van der Waals surface area contributed by atoms with E-state index in [9.17, 15) is 9.59 Å². The summed E-state index contributed by atoms with van der Waals surface area (Å²) in [5, 5.41) is 4.55. The van der Waals surface area contributed by atoms with E-state index in [1.807, 2.05) is 11.4 Å². The molecular weight excluding hydrogens is 198 g/mol. The predicted octanol–water partition coefficient (Wildman–Crippen LogP) is 2.31. The van der Waals surface area contributed by atoms with Crippen molar-refractivity contribution >= 4 is 34.8 Å². The van der Waals surface area contributed by atoms with Crippen molar-refractivity contribution in [2.45, 2.75) is 13.8 Å². The molecule has 74 valence electrons. The van der Waals surface area contributed by atoms with Crippen LogP contribution in [-0.4, -0.2) is 11.7 Å². The van der Waals surface area contributed by atoms with Gasteiger partial charge in [0.05, 0.1) is 10.6 Å². The van der Waals surface area contributed by atoms with Gasteiger partial charge >= 0.3 is 0 Å². The quantitative estimate of drug-likeness (QED) is 0.776. The average Bonchev–Trinajstić information content (AvgIpc) is 2.47. The highest BCUT2D eigenvalue weighted by Crippen LogP contribution is 2.23. The fourth-order valence-electron chi connectivity index (χ4n) is 0.936. The van der Waals surface area contributed by atoms with Crippen LogP contribution in [-0.2, 0) is 9.59 Å². The summed E-state index contributed by atoms with van der Waals surface area (Å²) in [5.74, 6) is -0.118. The van der Waals surface area contributed by atoms with Crippen molar-refractivity contribution in [3.63, 3.8) is 0 Å². The Hall–Kier alpha value is -1.42. The zero-order valence-corrected chi connectivity index (χ0v) is 8.85. The Morgan fingerprint density at radius 2 is 2.14 bits per heavy atom. The molecule has 0 unspecified atom stereocenters. The number of carbonyl (C=O) groups excluding carboxylic acids is 2. The summed E-state index contributed by atoms with van der Waals surface area (Å²) in [6.07, 6.45) is 3.19. The lowest BCUT2D eigenvalue weighted by Crippen LogP contribution is -2.05. The lowest BCUT2D eigenvalue weighted by molar-refractivity contribution is -0.114. The van der Waals surface area contributed by atoms with E-state index < -0.39 is 0 Å². The lowest BCUT2D eigenvalue weighted by atomic mass is 10.3. The first-order chi connectivity index (χ1) is 6.59. The maximum absolute atomic E-state index is 10.8. The molecule has 1 aromatic rings. The van der Waals surface area contributed by atoms with Crippen LogP contribution in [0.25, 0.3) is 6.08 Å². The molecule has 1 heterocycles. The Morgan fingerprint density at radius 3 is 2.71 bits per heavy atom. The van der Waals surface area contributed by atoms with E-state index in [2.05, 4.69) is 5.32 Å². The third-order valence-electron chi connectivity index (χ3n) is 1.48. The van der Waals surface area contributed by atoms with Crippen LogP contribution in [0.3, 0.4) is 0 Å². The first-order valence-electron chi connectivity index (χ1n) is 4.13. The van der Waals surface area contributed by atoms with Crippen molar-refractivity contribution in [1.29, 1.82) is 0 Å². The number of allylic oxidation sites excluding steroid dienone is 1. The smallest absolute Gasteiger partial charge is 0.221 e. The Labute approximate surface area is 86.4 Å². The Morgan fingerprint density at radius 1 is 1.43 bits per heavy atom. The molecular formula is C10H11NO2S. The monoisotopic (exact) mass is 209 g/mol. The highest BCUT2D eigenvalue weighted by molar-refractivity contribution is 7.11. The molecule has 0 saturated carbocycles. The molecule has 0 fully saturated rings. The average molecular weight is 209 g/mol. The molecule has 0 spiro atoms. The van der Waals surface area contributed by atoms with Crippen LogP contribution in [0.4, 0.5) is 5.69 Å². The van der Waals surface area contributed by atoms with E-state index in [0.717, 1.165) is 10.6 Å². The second kappa shape index (κ2) is 4.72. The van der Waals surface area contributed by atoms with Gasteiger partial charge in [0.25, 0.3) is 0 Å². The molecule has 1 N–H and O–H groups in total. The number of hydrogen-bond acceptors (Lipinski definition) is 3. The summed E-state index contributed by atoms with van der Waals surface area (Å²) in [7, 11) is 0. The van der Waals surface area contributed by atoms with Gasteiger partial charge in [0, 0.05) is 6.92 Å². The van der Waals surface area contributed by atoms with Crippen LogP contribution in [0, 0.1) is 0 Å². The van der Waals surface area contributed by atoms with Gasteiger partial charge in [-0.15, -0.1) is 11.3 Å². The number of hydrogen-bond donors (Lipinski definition) is 1. The summed E-state index contributed by atoms with van der Waals surface area (Å²) in [4.78, 5) is 22.4. The van der Waals surface area contributed by atoms with E-state index in [1.54, 1.807) is 6.08 Å². The van der Waals surface area contributed by atoms with Crippen LogP contribution in [0.1, 0.15) is 18.7 Å². The van der Waals surface area contributed by atoms with Crippen LogP contribution in [0.2, 0.25) is 0 Å². The van der Waals surface area contributed by atoms with Crippen molar-refractivity contribution in [1.82, 2.24) is 0 Å². The SMILES string of the molecule is CC(=O)C=Cc1sccc1NC(C)=O. The normalized spacial score (nSPS) is 10.4. The summed E-state index contributed by atoms with van der Waals surface area (Å²) >= 11 is 1.48. The van der Waals surface area contributed by atoms with Crippen molar-refractivity contribution < 1.29 is 9.59 Å². The lowest BCUT2D eigenvalue weighted by Gasteiger charge is -1.98. The van der Waals surface area contributed by atoms with Crippen LogP contribution in [0.5, 0.6) is 0 Å². The van der Waals surface area contributed by atoms with Gasteiger partial charge in [-0.05, 0) is 30.5 Å². The van der Waals surface area contributed by atoms with Crippen molar-refractivity contribution in [2.75, 3.05) is 5.32 Å². The van der Waals surface area contributed by atoms with E-state index in [4.69, 9.17) is 0 Å². The molecule has 0 saturated heterocycles. The Bertz CT molecular complexity index is 379. The van der Waals surface area contributed by atoms with Gasteiger partial charge < -0.3 is 5.32 Å². The number of anilines is 1. The summed E-state index contributed by atoms with van der Waals surface area (Å²) in [6, 6.07) is 1.81. The van der Waals surface area contributed by atoms with Gasteiger partial charge in [-0.25, -0.2) is 0 Å². The van der Waals surface area contributed by atoms with Crippen LogP contribution in [0.15, 0.2) is 17.5 Å². The van der Waals surface area contributed by atoms with Crippen molar-refractivity contribution in [2.24, 2.45) is 0 Å². The molecule has 0 aliphatic heterocycles. The standard InChI is InChI=1S/C10H11NO2S/c1-7(12)3-4-10-9(5-6-14-10)11-8(2)13/h3-6H,1-2H3,(H,11,13). The van der Waals surface area contributed by atoms with Crippen LogP contribution < -0.4 is 5.32 Å². The minimum absolute atomic E-state index is 0.00725. The second-order valence-corrected chi connectivity index (χ2v) is 3.77. The zero-order chi connectivity index (χ0) is 10.6. The molecule has 0 aliphatic carbocycles. The first kappa shape index (κ1) is 10.7. The van der Waals surface area contributed by atoms with E-state index >= 15 is 0 Å². The second-order valence-electron chi connectivity index (χ2n) is 2.82. The first-order valence-corrected chi connectivity index (χ1v) is 5.01. The maximum Gasteiger partial charge on any atom is 0.221 e. The highest BCUT2D eigenvalue weighted by atomic mass is 32.1. The molecule has 1 rings (SSSR count). The van der Waals surface area contributed by atoms with Crippen molar-refractivity contribution in [3.05, 3.63) is 22.4 Å². The molecule has 0 bridgehead atoms. The molecule has 3 nitrogen and oxygen atoms in total. The van der Waals surface area contributed by atoms with E-state index in [-0.39, 0.29) is 11.7 Å². The van der Waals surface area contributed by atoms with Crippen molar-refractivity contribution in [3.8, 4) is 0 Å².